The Labute approximate surface area is 262 Å². The van der Waals surface area contributed by atoms with Crippen LogP contribution in [0.4, 0.5) is 0 Å². The van der Waals surface area contributed by atoms with Crippen molar-refractivity contribution in [3.05, 3.63) is 107 Å². The minimum Gasteiger partial charge on any atom is -0.507 e. The van der Waals surface area contributed by atoms with E-state index in [1.165, 1.54) is 11.1 Å². The number of phenols is 2. The average Bonchev–Trinajstić information content (AvgIpc) is 2.95. The first-order chi connectivity index (χ1) is 19.9. The molecule has 0 fully saturated rings. The fourth-order valence-corrected chi connectivity index (χ4v) is 6.91. The molecule has 0 unspecified atom stereocenters. The molecule has 2 nitrogen and oxygen atoms in total. The zero-order chi connectivity index (χ0) is 30.3. The number of benzene rings is 4. The quantitative estimate of drug-likeness (QED) is 0.169. The fraction of sp³-hybridized carbons (Fsp3) is 0.368. The molecule has 0 aliphatic rings. The van der Waals surface area contributed by atoms with Crippen LogP contribution in [0, 0.1) is 0 Å². The highest BCUT2D eigenvalue weighted by Crippen LogP contribution is 2.40. The molecule has 0 amide bonds. The molecule has 0 aliphatic heterocycles. The number of hydrogen-bond acceptors (Lipinski definition) is 4. The summed E-state index contributed by atoms with van der Waals surface area (Å²) in [5.74, 6) is 4.54. The van der Waals surface area contributed by atoms with Crippen molar-refractivity contribution in [1.29, 1.82) is 0 Å². The smallest absolute Gasteiger partial charge is 0.127 e. The van der Waals surface area contributed by atoms with Crippen LogP contribution in [-0.2, 0) is 22.3 Å². The summed E-state index contributed by atoms with van der Waals surface area (Å²) in [6, 6.07) is 29.1. The molecule has 4 rings (SSSR count). The van der Waals surface area contributed by atoms with Gasteiger partial charge in [0.1, 0.15) is 11.5 Å². The Morgan fingerprint density at radius 2 is 0.881 bits per heavy atom. The second-order valence-corrected chi connectivity index (χ2v) is 15.3. The summed E-state index contributed by atoms with van der Waals surface area (Å²) in [5.41, 5.74) is 8.51. The number of unbranched alkanes of at least 4 members (excludes halogenated alkanes) is 1. The third kappa shape index (κ3) is 8.39. The Hall–Kier alpha value is -2.82. The van der Waals surface area contributed by atoms with Gasteiger partial charge in [-0.05, 0) is 69.6 Å². The molecule has 2 N–H and O–H groups in total. The van der Waals surface area contributed by atoms with Crippen molar-refractivity contribution >= 4 is 23.5 Å². The van der Waals surface area contributed by atoms with E-state index >= 15 is 0 Å². The van der Waals surface area contributed by atoms with Crippen LogP contribution >= 0.6 is 23.5 Å². The molecule has 4 heteroatoms. The molecule has 4 aromatic carbocycles. The van der Waals surface area contributed by atoms with Crippen LogP contribution in [0.25, 0.3) is 22.3 Å². The van der Waals surface area contributed by atoms with Gasteiger partial charge in [0.05, 0.1) is 0 Å². The zero-order valence-corrected chi connectivity index (χ0v) is 27.7. The molecule has 0 saturated heterocycles. The normalized spacial score (nSPS) is 12.0. The highest BCUT2D eigenvalue weighted by atomic mass is 32.2. The van der Waals surface area contributed by atoms with Crippen molar-refractivity contribution in [3.8, 4) is 33.8 Å². The lowest BCUT2D eigenvalue weighted by atomic mass is 9.84. The maximum atomic E-state index is 11.2. The largest absolute Gasteiger partial charge is 0.507 e. The third-order valence-electron chi connectivity index (χ3n) is 7.62. The monoisotopic (exact) mass is 598 g/mol. The first-order valence-corrected chi connectivity index (χ1v) is 17.2. The second kappa shape index (κ2) is 14.1. The molecule has 0 bridgehead atoms. The number of aromatic hydroxyl groups is 2. The highest BCUT2D eigenvalue weighted by molar-refractivity contribution is 7.98. The summed E-state index contributed by atoms with van der Waals surface area (Å²) in [4.78, 5) is 0. The Balaban J connectivity index is 1.32. The van der Waals surface area contributed by atoms with Crippen LogP contribution in [0.1, 0.15) is 76.6 Å². The molecule has 0 aliphatic carbocycles. The van der Waals surface area contributed by atoms with E-state index in [1.54, 1.807) is 0 Å². The maximum Gasteiger partial charge on any atom is 0.127 e. The molecular weight excluding hydrogens is 553 g/mol. The summed E-state index contributed by atoms with van der Waals surface area (Å²) in [6.07, 6.45) is 2.26. The van der Waals surface area contributed by atoms with Crippen molar-refractivity contribution < 1.29 is 10.2 Å². The van der Waals surface area contributed by atoms with Gasteiger partial charge in [-0.3, -0.25) is 0 Å². The van der Waals surface area contributed by atoms with E-state index < -0.39 is 0 Å². The Morgan fingerprint density at radius 3 is 1.21 bits per heavy atom. The van der Waals surface area contributed by atoms with Crippen molar-refractivity contribution in [2.45, 2.75) is 76.7 Å². The Kier molecular flexibility index (Phi) is 10.8. The Morgan fingerprint density at radius 1 is 0.524 bits per heavy atom. The van der Waals surface area contributed by atoms with Crippen LogP contribution in [-0.4, -0.2) is 21.7 Å². The van der Waals surface area contributed by atoms with Gasteiger partial charge in [0.2, 0.25) is 0 Å². The van der Waals surface area contributed by atoms with Crippen molar-refractivity contribution in [2.24, 2.45) is 0 Å². The number of hydrogen-bond donors (Lipinski definition) is 2. The van der Waals surface area contributed by atoms with Gasteiger partial charge in [-0.2, -0.15) is 23.5 Å². The van der Waals surface area contributed by atoms with E-state index in [2.05, 4.69) is 90.1 Å². The van der Waals surface area contributed by atoms with Crippen LogP contribution in [0.5, 0.6) is 11.5 Å². The van der Waals surface area contributed by atoms with E-state index in [0.717, 1.165) is 69.2 Å². The van der Waals surface area contributed by atoms with Crippen molar-refractivity contribution in [3.63, 3.8) is 0 Å². The van der Waals surface area contributed by atoms with E-state index in [-0.39, 0.29) is 10.8 Å². The van der Waals surface area contributed by atoms with Crippen LogP contribution in [0.15, 0.2) is 84.9 Å². The topological polar surface area (TPSA) is 40.5 Å². The van der Waals surface area contributed by atoms with Gasteiger partial charge in [-0.1, -0.05) is 114 Å². The first-order valence-electron chi connectivity index (χ1n) is 14.9. The SMILES string of the molecule is CC(C)(C)c1cc(CSCCCCSCc2cc(C(C)(C)C)cc(-c3ccccc3)c2O)c(O)c(-c2ccccc2)c1. The summed E-state index contributed by atoms with van der Waals surface area (Å²) in [5, 5.41) is 22.3. The van der Waals surface area contributed by atoms with Crippen LogP contribution in [0.3, 0.4) is 0 Å². The summed E-state index contributed by atoms with van der Waals surface area (Å²) >= 11 is 3.79. The molecular formula is C38H46O2S2. The van der Waals surface area contributed by atoms with Crippen molar-refractivity contribution in [2.75, 3.05) is 11.5 Å². The summed E-state index contributed by atoms with van der Waals surface area (Å²) in [7, 11) is 0. The summed E-state index contributed by atoms with van der Waals surface area (Å²) < 4.78 is 0. The average molecular weight is 599 g/mol. The number of phenolic OH excluding ortho intramolecular Hbond substituents is 2. The molecule has 0 radical (unpaired) electrons. The molecule has 222 valence electrons. The minimum atomic E-state index is 0.0105. The lowest BCUT2D eigenvalue weighted by Gasteiger charge is -2.23. The van der Waals surface area contributed by atoms with Crippen LogP contribution in [0.2, 0.25) is 0 Å². The van der Waals surface area contributed by atoms with Gasteiger partial charge in [0.15, 0.2) is 0 Å². The lowest BCUT2D eigenvalue weighted by Crippen LogP contribution is -2.12. The first kappa shape index (κ1) is 32.1. The van der Waals surface area contributed by atoms with Crippen LogP contribution < -0.4 is 0 Å². The minimum absolute atomic E-state index is 0.0105. The summed E-state index contributed by atoms with van der Waals surface area (Å²) in [6.45, 7) is 13.4. The van der Waals surface area contributed by atoms with E-state index in [1.807, 2.05) is 59.9 Å². The van der Waals surface area contributed by atoms with Crippen molar-refractivity contribution in [1.82, 2.24) is 0 Å². The van der Waals surface area contributed by atoms with Gasteiger partial charge in [0.25, 0.3) is 0 Å². The van der Waals surface area contributed by atoms with Gasteiger partial charge in [0, 0.05) is 33.8 Å². The molecule has 0 saturated carbocycles. The standard InChI is InChI=1S/C38H46O2S2/c1-37(2,3)31-21-29(35(39)33(23-31)27-15-9-7-10-16-27)25-41-19-13-14-20-42-26-30-22-32(38(4,5)6)24-34(36(30)40)28-17-11-8-12-18-28/h7-12,15-18,21-24,39-40H,13-14,19-20,25-26H2,1-6H3. The number of thioether (sulfide) groups is 2. The predicted octanol–water partition coefficient (Wildman–Crippen LogP) is 11.0. The zero-order valence-electron chi connectivity index (χ0n) is 26.0. The van der Waals surface area contributed by atoms with Gasteiger partial charge in [-0.15, -0.1) is 0 Å². The Bertz CT molecular complexity index is 1340. The molecule has 0 spiro atoms. The van der Waals surface area contributed by atoms with E-state index in [4.69, 9.17) is 0 Å². The molecule has 0 atom stereocenters. The van der Waals surface area contributed by atoms with E-state index in [9.17, 15) is 10.2 Å². The molecule has 4 aromatic rings. The molecule has 0 aromatic heterocycles. The predicted molar refractivity (Wildman–Crippen MR) is 186 cm³/mol. The van der Waals surface area contributed by atoms with Gasteiger partial charge < -0.3 is 10.2 Å². The maximum absolute atomic E-state index is 11.2. The number of rotatable bonds is 11. The molecule has 42 heavy (non-hydrogen) atoms. The van der Waals surface area contributed by atoms with Gasteiger partial charge in [-0.25, -0.2) is 0 Å². The van der Waals surface area contributed by atoms with Gasteiger partial charge >= 0.3 is 0 Å². The third-order valence-corrected chi connectivity index (χ3v) is 9.81. The highest BCUT2D eigenvalue weighted by Gasteiger charge is 2.21. The fourth-order valence-electron chi connectivity index (χ4n) is 4.92. The molecule has 0 heterocycles. The lowest BCUT2D eigenvalue weighted by molar-refractivity contribution is 0.470. The second-order valence-electron chi connectivity index (χ2n) is 13.1. The van der Waals surface area contributed by atoms with E-state index in [0.29, 0.717) is 11.5 Å².